The first kappa shape index (κ1) is 73.3. The number of fused-ring (bicyclic) bond motifs is 20. The number of aromatic nitrogens is 2. The molecule has 0 saturated heterocycles. The van der Waals surface area contributed by atoms with Gasteiger partial charge in [-0.2, -0.15) is 0 Å². The minimum Gasteiger partial charge on any atom is -0.310 e. The molecule has 0 aliphatic heterocycles. The van der Waals surface area contributed by atoms with E-state index < -0.39 is 0 Å². The Morgan fingerprint density at radius 3 is 0.833 bits per heavy atom. The maximum Gasteiger partial charge on any atom is 0.0541 e. The van der Waals surface area contributed by atoms with Gasteiger partial charge in [0.25, 0.3) is 0 Å². The second-order valence-corrected chi connectivity index (χ2v) is 33.0. The molecule has 0 atom stereocenters. The Labute approximate surface area is 730 Å². The van der Waals surface area contributed by atoms with E-state index in [1.54, 1.807) is 0 Å². The van der Waals surface area contributed by atoms with Gasteiger partial charge >= 0.3 is 0 Å². The van der Waals surface area contributed by atoms with Gasteiger partial charge in [-0.3, -0.25) is 0 Å². The molecule has 0 saturated carbocycles. The van der Waals surface area contributed by atoms with E-state index in [1.165, 1.54) is 185 Å². The summed E-state index contributed by atoms with van der Waals surface area (Å²) in [6.07, 6.45) is 0. The minimum atomic E-state index is 1.10. The van der Waals surface area contributed by atoms with Crippen LogP contribution in [0.1, 0.15) is 0 Å². The van der Waals surface area contributed by atoms with Gasteiger partial charge in [0.2, 0.25) is 0 Å². The van der Waals surface area contributed by atoms with Crippen LogP contribution in [0.15, 0.2) is 485 Å². The van der Waals surface area contributed by atoms with Crippen LogP contribution in [0, 0.1) is 0 Å². The van der Waals surface area contributed by atoms with Crippen molar-refractivity contribution in [2.45, 2.75) is 0 Å². The van der Waals surface area contributed by atoms with Gasteiger partial charge in [0.05, 0.1) is 22.1 Å². The van der Waals surface area contributed by atoms with Gasteiger partial charge in [-0.15, -0.1) is 0 Å². The molecule has 0 aliphatic carbocycles. The number of para-hydroxylation sites is 3. The van der Waals surface area contributed by atoms with Gasteiger partial charge in [0, 0.05) is 67.0 Å². The number of nitrogens with zero attached hydrogens (tertiary/aromatic N) is 4. The van der Waals surface area contributed by atoms with Crippen LogP contribution in [0.4, 0.5) is 34.1 Å². The van der Waals surface area contributed by atoms with Crippen LogP contribution in [-0.4, -0.2) is 9.13 Å². The summed E-state index contributed by atoms with van der Waals surface area (Å²) in [6, 6.07) is 177. The van der Waals surface area contributed by atoms with Crippen molar-refractivity contribution in [1.29, 1.82) is 0 Å². The van der Waals surface area contributed by atoms with E-state index in [4.69, 9.17) is 0 Å². The molecule has 588 valence electrons. The third-order valence-corrected chi connectivity index (χ3v) is 25.9. The second kappa shape index (κ2) is 30.8. The fourth-order valence-corrected chi connectivity index (χ4v) is 19.9. The first-order valence-corrected chi connectivity index (χ1v) is 43.4. The lowest BCUT2D eigenvalue weighted by Crippen LogP contribution is -2.10. The Morgan fingerprint density at radius 2 is 0.397 bits per heavy atom. The molecule has 0 fully saturated rings. The average Bonchev–Trinajstić information content (AvgIpc) is 1.20. The molecule has 126 heavy (non-hydrogen) atoms. The highest BCUT2D eigenvalue weighted by atomic mass is 15.1. The maximum absolute atomic E-state index is 2.41. The second-order valence-electron chi connectivity index (χ2n) is 33.0. The third-order valence-electron chi connectivity index (χ3n) is 25.9. The largest absolute Gasteiger partial charge is 0.310 e. The molecule has 4 heteroatoms. The highest BCUT2D eigenvalue weighted by molar-refractivity contribution is 6.27. The van der Waals surface area contributed by atoms with Crippen LogP contribution in [-0.2, 0) is 0 Å². The molecule has 25 aromatic rings. The lowest BCUT2D eigenvalue weighted by atomic mass is 9.94. The van der Waals surface area contributed by atoms with Gasteiger partial charge in [-0.05, 0) is 287 Å². The maximum atomic E-state index is 2.41. The van der Waals surface area contributed by atoms with Crippen LogP contribution >= 0.6 is 0 Å². The summed E-state index contributed by atoms with van der Waals surface area (Å²) in [5.41, 5.74) is 25.8. The molecule has 0 unspecified atom stereocenters. The van der Waals surface area contributed by atoms with Gasteiger partial charge in [0.15, 0.2) is 0 Å². The summed E-state index contributed by atoms with van der Waals surface area (Å²) < 4.78 is 4.80. The van der Waals surface area contributed by atoms with Crippen molar-refractivity contribution < 1.29 is 0 Å². The fraction of sp³-hybridized carbons (Fsp3) is 0. The molecule has 25 rings (SSSR count). The summed E-state index contributed by atoms with van der Waals surface area (Å²) in [6.45, 7) is 0. The topological polar surface area (TPSA) is 16.3 Å². The Hall–Kier alpha value is -16.7. The Bertz CT molecular complexity index is 8470. The number of anilines is 6. The molecule has 0 amide bonds. The van der Waals surface area contributed by atoms with E-state index in [1.807, 2.05) is 0 Å². The molecule has 4 nitrogen and oxygen atoms in total. The van der Waals surface area contributed by atoms with E-state index in [9.17, 15) is 0 Å². The average molecular weight is 1600 g/mol. The quantitative estimate of drug-likeness (QED) is 0.107. The van der Waals surface area contributed by atoms with Crippen LogP contribution in [0.25, 0.3) is 197 Å². The molecular formula is C122H80N4. The lowest BCUT2D eigenvalue weighted by Gasteiger charge is -2.27. The summed E-state index contributed by atoms with van der Waals surface area (Å²) in [4.78, 5) is 4.78. The molecule has 23 aromatic carbocycles. The Kier molecular flexibility index (Phi) is 17.9. The van der Waals surface area contributed by atoms with Gasteiger partial charge in [0.1, 0.15) is 0 Å². The third kappa shape index (κ3) is 12.8. The smallest absolute Gasteiger partial charge is 0.0541 e. The zero-order valence-corrected chi connectivity index (χ0v) is 69.0. The van der Waals surface area contributed by atoms with Crippen LogP contribution in [0.2, 0.25) is 0 Å². The number of benzene rings is 23. The standard InChI is InChI=1S/C64H42N2.C58H38N2/c1-3-13-43(14-4-1)45-23-25-46(26-24-45)49-30-37-63-61(40-49)62-41-50(31-38-64(62)66(63)51-17-5-2-6-18-51)47-27-32-52(33-28-47)65(53-34-29-44-15-7-8-16-48(44)39-53)54-35-36-59-57-21-10-9-19-55(57)56-20-11-12-22-58(56)60(59)42-54;1-3-16-43(17-4-1)59(46-32-33-53-51-23-10-9-21-49(51)50-22-11-12-24-52(50)54(53)38-46)45-30-26-39(27-31-45)41-28-34-57-55(36-41)56-37-42(48-25-13-15-40-14-7-8-20-47(40)48)29-35-58(56)60(57)44-18-5-2-6-19-44/h1-42H;1-38H. The number of hydrogen-bond acceptors (Lipinski definition) is 2. The normalized spacial score (nSPS) is 11.7. The molecule has 0 bridgehead atoms. The van der Waals surface area contributed by atoms with E-state index in [0.717, 1.165) is 45.5 Å². The predicted octanol–water partition coefficient (Wildman–Crippen LogP) is 34.1. The summed E-state index contributed by atoms with van der Waals surface area (Å²) in [7, 11) is 0. The molecule has 2 aromatic heterocycles. The first-order valence-electron chi connectivity index (χ1n) is 43.4. The van der Waals surface area contributed by atoms with Crippen molar-refractivity contribution >= 4 is 164 Å². The zero-order chi connectivity index (χ0) is 83.1. The van der Waals surface area contributed by atoms with Crippen molar-refractivity contribution in [3.05, 3.63) is 485 Å². The van der Waals surface area contributed by atoms with Crippen molar-refractivity contribution in [1.82, 2.24) is 9.13 Å². The van der Waals surface area contributed by atoms with Gasteiger partial charge < -0.3 is 18.9 Å². The van der Waals surface area contributed by atoms with Gasteiger partial charge in [-0.1, -0.05) is 340 Å². The van der Waals surface area contributed by atoms with E-state index in [-0.39, 0.29) is 0 Å². The van der Waals surface area contributed by atoms with Crippen molar-refractivity contribution in [2.75, 3.05) is 9.80 Å². The van der Waals surface area contributed by atoms with Crippen molar-refractivity contribution in [3.8, 4) is 67.0 Å². The number of rotatable bonds is 13. The van der Waals surface area contributed by atoms with Crippen molar-refractivity contribution in [2.24, 2.45) is 0 Å². The summed E-state index contributed by atoms with van der Waals surface area (Å²) in [5.74, 6) is 0. The van der Waals surface area contributed by atoms with E-state index in [0.29, 0.717) is 0 Å². The highest BCUT2D eigenvalue weighted by Crippen LogP contribution is 2.48. The molecular weight excluding hydrogens is 1520 g/mol. The Balaban J connectivity index is 0.000000142. The monoisotopic (exact) mass is 1600 g/mol. The van der Waals surface area contributed by atoms with Crippen molar-refractivity contribution in [3.63, 3.8) is 0 Å². The minimum absolute atomic E-state index is 1.10. The Morgan fingerprint density at radius 1 is 0.127 bits per heavy atom. The van der Waals surface area contributed by atoms with Gasteiger partial charge in [-0.25, -0.2) is 0 Å². The first-order chi connectivity index (χ1) is 62.5. The SMILES string of the molecule is c1ccc(-c2ccc(-c3ccc4c(c3)c3cc(-c5ccc(N(c6ccc7ccccc7c6)c6ccc7c8ccccc8c8ccccc8c7c6)cc5)ccc3n4-c3ccccc3)cc2)cc1.c1ccc(N(c2ccc(-c3ccc4c(c3)c3cc(-c5cccc6ccccc56)ccc3n4-c3ccccc3)cc2)c2ccc3c4ccccc4c4ccccc4c3c2)cc1. The molecule has 0 radical (unpaired) electrons. The van der Waals surface area contributed by atoms with Crippen LogP contribution in [0.5, 0.6) is 0 Å². The van der Waals surface area contributed by atoms with Crippen LogP contribution in [0.3, 0.4) is 0 Å². The molecule has 0 spiro atoms. The van der Waals surface area contributed by atoms with E-state index in [2.05, 4.69) is 504 Å². The summed E-state index contributed by atoms with van der Waals surface area (Å²) in [5, 5.41) is 25.1. The fourth-order valence-electron chi connectivity index (χ4n) is 19.9. The lowest BCUT2D eigenvalue weighted by molar-refractivity contribution is 1.18. The zero-order valence-electron chi connectivity index (χ0n) is 69.0. The highest BCUT2D eigenvalue weighted by Gasteiger charge is 2.23. The van der Waals surface area contributed by atoms with E-state index >= 15 is 0 Å². The number of hydrogen-bond donors (Lipinski definition) is 0. The molecule has 0 N–H and O–H groups in total. The summed E-state index contributed by atoms with van der Waals surface area (Å²) >= 11 is 0. The predicted molar refractivity (Wildman–Crippen MR) is 538 cm³/mol. The molecule has 0 aliphatic rings. The molecule has 2 heterocycles. The van der Waals surface area contributed by atoms with Crippen LogP contribution < -0.4 is 9.80 Å².